The third-order valence-electron chi connectivity index (χ3n) is 2.23. The number of likely N-dealkylation sites (tertiary alicyclic amines) is 1. The van der Waals surface area contributed by atoms with Crippen molar-refractivity contribution >= 4 is 18.7 Å². The maximum Gasteiger partial charge on any atom is 0.410 e. The Hall–Kier alpha value is -0.420. The van der Waals surface area contributed by atoms with E-state index in [0.717, 1.165) is 6.42 Å². The molecule has 0 aromatic heterocycles. The minimum absolute atomic E-state index is 0.0314. The van der Waals surface area contributed by atoms with E-state index in [1.165, 1.54) is 0 Å². The largest absolute Gasteiger partial charge is 0.444 e. The van der Waals surface area contributed by atoms with Crippen LogP contribution in [-0.2, 0) is 4.74 Å². The summed E-state index contributed by atoms with van der Waals surface area (Å²) in [5, 5.41) is 9.25. The summed E-state index contributed by atoms with van der Waals surface area (Å²) in [6, 6.07) is -0.151. The van der Waals surface area contributed by atoms with Crippen molar-refractivity contribution < 1.29 is 14.6 Å². The van der Waals surface area contributed by atoms with E-state index in [0.29, 0.717) is 6.54 Å². The van der Waals surface area contributed by atoms with Gasteiger partial charge in [-0.1, -0.05) is 0 Å². The average molecular weight is 233 g/mol. The molecule has 5 heteroatoms. The lowest BCUT2D eigenvalue weighted by Gasteiger charge is -2.27. The van der Waals surface area contributed by atoms with Crippen LogP contribution >= 0.6 is 12.6 Å². The normalized spacial score (nSPS) is 26.9. The van der Waals surface area contributed by atoms with Crippen LogP contribution in [0.25, 0.3) is 0 Å². The molecule has 88 valence electrons. The fourth-order valence-corrected chi connectivity index (χ4v) is 2.03. The van der Waals surface area contributed by atoms with Gasteiger partial charge in [0.2, 0.25) is 0 Å². The molecule has 1 aliphatic heterocycles. The van der Waals surface area contributed by atoms with Crippen LogP contribution in [0, 0.1) is 0 Å². The van der Waals surface area contributed by atoms with Crippen LogP contribution in [0.5, 0.6) is 0 Å². The number of carbonyl (C=O) groups is 1. The lowest BCUT2D eigenvalue weighted by Crippen LogP contribution is -2.41. The van der Waals surface area contributed by atoms with Crippen molar-refractivity contribution in [3.63, 3.8) is 0 Å². The van der Waals surface area contributed by atoms with Gasteiger partial charge in [0.1, 0.15) is 5.60 Å². The summed E-state index contributed by atoms with van der Waals surface area (Å²) in [6.07, 6.45) is 0.358. The maximum atomic E-state index is 11.7. The maximum absolute atomic E-state index is 11.7. The van der Waals surface area contributed by atoms with Gasteiger partial charge in [0.05, 0.1) is 12.6 Å². The van der Waals surface area contributed by atoms with Crippen LogP contribution in [0.4, 0.5) is 4.79 Å². The van der Waals surface area contributed by atoms with Crippen LogP contribution in [-0.4, -0.2) is 46.1 Å². The highest BCUT2D eigenvalue weighted by Crippen LogP contribution is 2.23. The second-order valence-corrected chi connectivity index (χ2v) is 5.59. The Morgan fingerprint density at radius 1 is 1.60 bits per heavy atom. The molecular weight excluding hydrogens is 214 g/mol. The quantitative estimate of drug-likeness (QED) is 0.671. The monoisotopic (exact) mass is 233 g/mol. The summed E-state index contributed by atoms with van der Waals surface area (Å²) >= 11 is 4.31. The molecule has 0 saturated carbocycles. The first-order valence-electron chi connectivity index (χ1n) is 5.12. The lowest BCUT2D eigenvalue weighted by atomic mass is 10.2. The topological polar surface area (TPSA) is 49.8 Å². The number of carbonyl (C=O) groups excluding carboxylic acids is 1. The van der Waals surface area contributed by atoms with Crippen molar-refractivity contribution in [2.75, 3.05) is 13.2 Å². The number of aliphatic hydroxyl groups is 1. The average Bonchev–Trinajstić information content (AvgIpc) is 2.43. The SMILES string of the molecule is CC(C)(C)OC(=O)N1C[C@H](S)C[C@H]1CO. The van der Waals surface area contributed by atoms with Gasteiger partial charge >= 0.3 is 6.09 Å². The Bertz CT molecular complexity index is 239. The predicted molar refractivity (Wildman–Crippen MR) is 61.2 cm³/mol. The van der Waals surface area contributed by atoms with Crippen LogP contribution in [0.2, 0.25) is 0 Å². The number of hydrogen-bond donors (Lipinski definition) is 2. The third-order valence-corrected chi connectivity index (χ3v) is 2.61. The minimum Gasteiger partial charge on any atom is -0.444 e. The number of ether oxygens (including phenoxy) is 1. The van der Waals surface area contributed by atoms with Gasteiger partial charge in [-0.15, -0.1) is 0 Å². The van der Waals surface area contributed by atoms with E-state index in [1.807, 2.05) is 20.8 Å². The molecule has 1 heterocycles. The van der Waals surface area contributed by atoms with Crippen molar-refractivity contribution in [2.24, 2.45) is 0 Å². The van der Waals surface area contributed by atoms with Crippen LogP contribution in [0.3, 0.4) is 0 Å². The predicted octanol–water partition coefficient (Wildman–Crippen LogP) is 1.29. The molecule has 2 atom stereocenters. The molecule has 1 fully saturated rings. The van der Waals surface area contributed by atoms with E-state index < -0.39 is 5.60 Å². The first kappa shape index (κ1) is 12.6. The van der Waals surface area contributed by atoms with Crippen molar-refractivity contribution in [3.8, 4) is 0 Å². The molecule has 0 aliphatic carbocycles. The zero-order valence-corrected chi connectivity index (χ0v) is 10.3. The van der Waals surface area contributed by atoms with Crippen LogP contribution in [0.1, 0.15) is 27.2 Å². The molecule has 1 N–H and O–H groups in total. The summed E-state index contributed by atoms with van der Waals surface area (Å²) in [4.78, 5) is 13.3. The highest BCUT2D eigenvalue weighted by Gasteiger charge is 2.35. The first-order valence-corrected chi connectivity index (χ1v) is 5.63. The van der Waals surface area contributed by atoms with E-state index in [2.05, 4.69) is 12.6 Å². The molecule has 4 nitrogen and oxygen atoms in total. The van der Waals surface area contributed by atoms with E-state index in [-0.39, 0.29) is 24.0 Å². The molecule has 1 aliphatic rings. The number of aliphatic hydroxyl groups excluding tert-OH is 1. The first-order chi connectivity index (χ1) is 6.83. The fraction of sp³-hybridized carbons (Fsp3) is 0.900. The molecule has 15 heavy (non-hydrogen) atoms. The van der Waals surface area contributed by atoms with Crippen molar-refractivity contribution in [1.82, 2.24) is 4.90 Å². The molecule has 1 saturated heterocycles. The third kappa shape index (κ3) is 3.57. The molecule has 0 radical (unpaired) electrons. The Morgan fingerprint density at radius 2 is 2.20 bits per heavy atom. The second-order valence-electron chi connectivity index (χ2n) is 4.86. The summed E-state index contributed by atoms with van der Waals surface area (Å²) in [6.45, 7) is 5.99. The minimum atomic E-state index is -0.494. The number of thiol groups is 1. The number of hydrogen-bond acceptors (Lipinski definition) is 4. The second kappa shape index (κ2) is 4.61. The smallest absolute Gasteiger partial charge is 0.410 e. The van der Waals surface area contributed by atoms with Gasteiger partial charge in [0.25, 0.3) is 0 Å². The summed E-state index contributed by atoms with van der Waals surface area (Å²) < 4.78 is 5.24. The van der Waals surface area contributed by atoms with Gasteiger partial charge < -0.3 is 14.7 Å². The summed E-state index contributed by atoms with van der Waals surface area (Å²) in [5.41, 5.74) is -0.494. The standard InChI is InChI=1S/C10H19NO3S/c1-10(2,3)14-9(13)11-5-8(15)4-7(11)6-12/h7-8,12,15H,4-6H2,1-3H3/t7-,8+/m0/s1. The Morgan fingerprint density at radius 3 is 2.67 bits per heavy atom. The van der Waals surface area contributed by atoms with Crippen LogP contribution < -0.4 is 0 Å². The van der Waals surface area contributed by atoms with E-state index >= 15 is 0 Å². The zero-order valence-electron chi connectivity index (χ0n) is 9.43. The van der Waals surface area contributed by atoms with Gasteiger partial charge in [0, 0.05) is 11.8 Å². The fourth-order valence-electron chi connectivity index (χ4n) is 1.61. The Balaban J connectivity index is 2.59. The van der Waals surface area contributed by atoms with Gasteiger partial charge in [-0.2, -0.15) is 12.6 Å². The summed E-state index contributed by atoms with van der Waals surface area (Å²) in [7, 11) is 0. The molecule has 0 unspecified atom stereocenters. The van der Waals surface area contributed by atoms with Crippen molar-refractivity contribution in [2.45, 2.75) is 44.1 Å². The van der Waals surface area contributed by atoms with Gasteiger partial charge in [-0.25, -0.2) is 4.79 Å². The summed E-state index contributed by atoms with van der Waals surface area (Å²) in [5.74, 6) is 0. The molecule has 1 rings (SSSR count). The van der Waals surface area contributed by atoms with E-state index in [4.69, 9.17) is 9.84 Å². The lowest BCUT2D eigenvalue weighted by molar-refractivity contribution is 0.0176. The van der Waals surface area contributed by atoms with Crippen molar-refractivity contribution in [1.29, 1.82) is 0 Å². The van der Waals surface area contributed by atoms with Gasteiger partial charge in [0.15, 0.2) is 0 Å². The molecule has 0 aromatic rings. The van der Waals surface area contributed by atoms with Gasteiger partial charge in [-0.05, 0) is 27.2 Å². The Labute approximate surface area is 96.0 Å². The number of nitrogens with zero attached hydrogens (tertiary/aromatic N) is 1. The van der Waals surface area contributed by atoms with Crippen molar-refractivity contribution in [3.05, 3.63) is 0 Å². The molecule has 0 bridgehead atoms. The number of rotatable bonds is 1. The van der Waals surface area contributed by atoms with E-state index in [9.17, 15) is 4.79 Å². The highest BCUT2D eigenvalue weighted by molar-refractivity contribution is 7.81. The molecule has 1 amide bonds. The highest BCUT2D eigenvalue weighted by atomic mass is 32.1. The zero-order chi connectivity index (χ0) is 11.6. The Kier molecular flexibility index (Phi) is 3.89. The molecule has 0 spiro atoms. The molecule has 0 aromatic carbocycles. The molecular formula is C10H19NO3S. The van der Waals surface area contributed by atoms with Gasteiger partial charge in [-0.3, -0.25) is 0 Å². The van der Waals surface area contributed by atoms with Crippen LogP contribution in [0.15, 0.2) is 0 Å². The van der Waals surface area contributed by atoms with E-state index in [1.54, 1.807) is 4.90 Å². The number of amides is 1.